The van der Waals surface area contributed by atoms with Gasteiger partial charge >= 0.3 is 12.0 Å². The maximum Gasteiger partial charge on any atom is 0.321 e. The van der Waals surface area contributed by atoms with Crippen LogP contribution in [0.4, 0.5) is 4.79 Å². The average molecular weight is 360 g/mol. The summed E-state index contributed by atoms with van der Waals surface area (Å²) < 4.78 is 15.2. The minimum absolute atomic E-state index is 0.00802. The van der Waals surface area contributed by atoms with E-state index in [1.165, 1.54) is 6.26 Å². The van der Waals surface area contributed by atoms with Crippen molar-refractivity contribution in [3.63, 3.8) is 0 Å². The zero-order valence-electron chi connectivity index (χ0n) is 14.3. The van der Waals surface area contributed by atoms with Gasteiger partial charge in [-0.2, -0.15) is 0 Å². The van der Waals surface area contributed by atoms with E-state index in [1.807, 2.05) is 30.4 Å². The standard InChI is InChI=1S/C18H20N2O6/c1-13-4-2-5-14(10-13)25-9-7-17(22)26-12-16(21)20-18(23)19-11-15-6-3-8-24-15/h2-6,8,10H,7,9,11-12H2,1H3,(H2,19,20,21,23). The summed E-state index contributed by atoms with van der Waals surface area (Å²) in [5.41, 5.74) is 1.05. The highest BCUT2D eigenvalue weighted by Crippen LogP contribution is 2.12. The van der Waals surface area contributed by atoms with E-state index in [-0.39, 0.29) is 19.6 Å². The number of esters is 1. The predicted octanol–water partition coefficient (Wildman–Crippen LogP) is 1.93. The molecule has 138 valence electrons. The fourth-order valence-electron chi connectivity index (χ4n) is 1.96. The van der Waals surface area contributed by atoms with Gasteiger partial charge in [-0.1, -0.05) is 12.1 Å². The number of urea groups is 1. The molecule has 0 saturated heterocycles. The van der Waals surface area contributed by atoms with Crippen molar-refractivity contribution in [2.75, 3.05) is 13.2 Å². The lowest BCUT2D eigenvalue weighted by Crippen LogP contribution is -2.41. The van der Waals surface area contributed by atoms with E-state index in [9.17, 15) is 14.4 Å². The monoisotopic (exact) mass is 360 g/mol. The Kier molecular flexibility index (Phi) is 7.23. The molecule has 0 saturated carbocycles. The molecule has 1 heterocycles. The van der Waals surface area contributed by atoms with Crippen LogP contribution in [0.5, 0.6) is 5.75 Å². The molecule has 3 amide bonds. The summed E-state index contributed by atoms with van der Waals surface area (Å²) in [5.74, 6) is -0.116. The number of nitrogens with one attached hydrogen (secondary N) is 2. The molecule has 1 aromatic carbocycles. The summed E-state index contributed by atoms with van der Waals surface area (Å²) in [5, 5.41) is 4.48. The van der Waals surface area contributed by atoms with Crippen molar-refractivity contribution in [3.05, 3.63) is 54.0 Å². The molecular formula is C18H20N2O6. The molecule has 0 atom stereocenters. The molecule has 2 rings (SSSR count). The second kappa shape index (κ2) is 9.87. The minimum atomic E-state index is -0.727. The Morgan fingerprint density at radius 1 is 1.15 bits per heavy atom. The Morgan fingerprint density at radius 3 is 2.73 bits per heavy atom. The van der Waals surface area contributed by atoms with Gasteiger partial charge in [-0.15, -0.1) is 0 Å². The van der Waals surface area contributed by atoms with Crippen LogP contribution < -0.4 is 15.4 Å². The van der Waals surface area contributed by atoms with Gasteiger partial charge in [0.25, 0.3) is 5.91 Å². The second-order valence-corrected chi connectivity index (χ2v) is 5.39. The molecule has 1 aromatic heterocycles. The Bertz CT molecular complexity index is 742. The normalized spacial score (nSPS) is 10.0. The van der Waals surface area contributed by atoms with Crippen LogP contribution in [0.2, 0.25) is 0 Å². The minimum Gasteiger partial charge on any atom is -0.493 e. The van der Waals surface area contributed by atoms with Gasteiger partial charge in [-0.3, -0.25) is 14.9 Å². The molecule has 0 spiro atoms. The summed E-state index contributed by atoms with van der Waals surface area (Å²) in [7, 11) is 0. The molecule has 0 bridgehead atoms. The highest BCUT2D eigenvalue weighted by Gasteiger charge is 2.11. The second-order valence-electron chi connectivity index (χ2n) is 5.39. The first kappa shape index (κ1) is 19.0. The Hall–Kier alpha value is -3.29. The Labute approximate surface area is 150 Å². The van der Waals surface area contributed by atoms with Crippen LogP contribution in [0.15, 0.2) is 47.1 Å². The van der Waals surface area contributed by atoms with E-state index in [4.69, 9.17) is 13.9 Å². The van der Waals surface area contributed by atoms with Crippen molar-refractivity contribution in [1.82, 2.24) is 10.6 Å². The third-order valence-electron chi connectivity index (χ3n) is 3.18. The van der Waals surface area contributed by atoms with Gasteiger partial charge in [0.15, 0.2) is 6.61 Å². The quantitative estimate of drug-likeness (QED) is 0.697. The molecule has 2 aromatic rings. The molecule has 8 nitrogen and oxygen atoms in total. The molecule has 0 fully saturated rings. The molecule has 8 heteroatoms. The molecule has 0 radical (unpaired) electrons. The van der Waals surface area contributed by atoms with E-state index in [0.29, 0.717) is 11.5 Å². The van der Waals surface area contributed by atoms with Crippen molar-refractivity contribution in [2.45, 2.75) is 19.9 Å². The highest BCUT2D eigenvalue weighted by atomic mass is 16.5. The van der Waals surface area contributed by atoms with Gasteiger partial charge in [0, 0.05) is 0 Å². The van der Waals surface area contributed by atoms with Gasteiger partial charge in [0.1, 0.15) is 11.5 Å². The zero-order valence-corrected chi connectivity index (χ0v) is 14.3. The fraction of sp³-hybridized carbons (Fsp3) is 0.278. The summed E-state index contributed by atoms with van der Waals surface area (Å²) in [6, 6.07) is 10.1. The van der Waals surface area contributed by atoms with Gasteiger partial charge in [-0.25, -0.2) is 4.79 Å². The van der Waals surface area contributed by atoms with Crippen molar-refractivity contribution in [2.24, 2.45) is 0 Å². The van der Waals surface area contributed by atoms with Crippen LogP contribution >= 0.6 is 0 Å². The first-order chi connectivity index (χ1) is 12.5. The molecule has 26 heavy (non-hydrogen) atoms. The molecule has 0 aliphatic rings. The van der Waals surface area contributed by atoms with Crippen molar-refractivity contribution < 1.29 is 28.3 Å². The van der Waals surface area contributed by atoms with Gasteiger partial charge < -0.3 is 19.2 Å². The summed E-state index contributed by atoms with van der Waals surface area (Å²) in [4.78, 5) is 34.6. The maximum absolute atomic E-state index is 11.6. The van der Waals surface area contributed by atoms with Crippen LogP contribution in [0.1, 0.15) is 17.7 Å². The zero-order chi connectivity index (χ0) is 18.8. The molecule has 2 N–H and O–H groups in total. The number of amides is 3. The van der Waals surface area contributed by atoms with Crippen LogP contribution in [-0.2, 0) is 20.9 Å². The van der Waals surface area contributed by atoms with E-state index in [2.05, 4.69) is 5.32 Å². The van der Waals surface area contributed by atoms with Crippen LogP contribution in [0, 0.1) is 6.92 Å². The largest absolute Gasteiger partial charge is 0.493 e. The lowest BCUT2D eigenvalue weighted by Gasteiger charge is -2.08. The Balaban J connectivity index is 1.57. The number of imide groups is 1. The van der Waals surface area contributed by atoms with Crippen LogP contribution in [-0.4, -0.2) is 31.1 Å². The SMILES string of the molecule is Cc1cccc(OCCC(=O)OCC(=O)NC(=O)NCc2ccco2)c1. The fourth-order valence-corrected chi connectivity index (χ4v) is 1.96. The molecule has 0 unspecified atom stereocenters. The van der Waals surface area contributed by atoms with Crippen molar-refractivity contribution >= 4 is 17.9 Å². The van der Waals surface area contributed by atoms with Crippen molar-refractivity contribution in [1.29, 1.82) is 0 Å². The number of hydrogen-bond acceptors (Lipinski definition) is 6. The third-order valence-corrected chi connectivity index (χ3v) is 3.18. The summed E-state index contributed by atoms with van der Waals surface area (Å²) in [6.45, 7) is 1.66. The maximum atomic E-state index is 11.6. The van der Waals surface area contributed by atoms with Gasteiger partial charge in [0.2, 0.25) is 0 Å². The number of furan rings is 1. The lowest BCUT2D eigenvalue weighted by molar-refractivity contribution is -0.148. The Morgan fingerprint density at radius 2 is 2.00 bits per heavy atom. The first-order valence-corrected chi connectivity index (χ1v) is 7.98. The smallest absolute Gasteiger partial charge is 0.321 e. The van der Waals surface area contributed by atoms with Crippen LogP contribution in [0.3, 0.4) is 0 Å². The van der Waals surface area contributed by atoms with Gasteiger partial charge in [0.05, 0.1) is 25.8 Å². The van der Waals surface area contributed by atoms with E-state index >= 15 is 0 Å². The van der Waals surface area contributed by atoms with E-state index in [0.717, 1.165) is 5.56 Å². The third kappa shape index (κ3) is 7.08. The number of rotatable bonds is 8. The lowest BCUT2D eigenvalue weighted by atomic mass is 10.2. The summed E-state index contributed by atoms with van der Waals surface area (Å²) in [6.07, 6.45) is 1.47. The number of carbonyl (C=O) groups excluding carboxylic acids is 3. The molecule has 0 aliphatic heterocycles. The predicted molar refractivity (Wildman–Crippen MR) is 91.3 cm³/mol. The van der Waals surface area contributed by atoms with Gasteiger partial charge in [-0.05, 0) is 36.8 Å². The molecule has 0 aliphatic carbocycles. The van der Waals surface area contributed by atoms with E-state index < -0.39 is 24.5 Å². The number of carbonyl (C=O) groups is 3. The first-order valence-electron chi connectivity index (χ1n) is 7.98. The topological polar surface area (TPSA) is 107 Å². The summed E-state index contributed by atoms with van der Waals surface area (Å²) >= 11 is 0. The average Bonchev–Trinajstić information content (AvgIpc) is 3.12. The number of hydrogen-bond donors (Lipinski definition) is 2. The van der Waals surface area contributed by atoms with Crippen LogP contribution in [0.25, 0.3) is 0 Å². The molecular weight excluding hydrogens is 340 g/mol. The number of benzene rings is 1. The number of ether oxygens (including phenoxy) is 2. The highest BCUT2D eigenvalue weighted by molar-refractivity contribution is 5.95. The number of aryl methyl sites for hydroxylation is 1. The van der Waals surface area contributed by atoms with Crippen molar-refractivity contribution in [3.8, 4) is 5.75 Å². The van der Waals surface area contributed by atoms with E-state index in [1.54, 1.807) is 18.2 Å².